The molecule has 0 spiro atoms. The third-order valence-electron chi connectivity index (χ3n) is 13.8. The summed E-state index contributed by atoms with van der Waals surface area (Å²) in [4.78, 5) is 0. The highest BCUT2D eigenvalue weighted by Crippen LogP contribution is 2.47. The molecule has 14 rings (SSSR count). The summed E-state index contributed by atoms with van der Waals surface area (Å²) in [5.74, 6) is 0. The van der Waals surface area contributed by atoms with E-state index in [1.54, 1.807) is 0 Å². The second-order valence-electron chi connectivity index (χ2n) is 17.1. The second-order valence-corrected chi connectivity index (χ2v) is 17.1. The average Bonchev–Trinajstić information content (AvgIpc) is 3.90. The molecule has 2 aromatic heterocycles. The topological polar surface area (TPSA) is 9.86 Å². The summed E-state index contributed by atoms with van der Waals surface area (Å²) in [6.07, 6.45) is 0. The molecular weight excluding hydrogens is 773 g/mol. The molecule has 0 unspecified atom stereocenters. The molecule has 0 aliphatic rings. The van der Waals surface area contributed by atoms with Crippen LogP contribution in [0.4, 0.5) is 0 Å². The number of hydrogen-bond acceptors (Lipinski definition) is 0. The summed E-state index contributed by atoms with van der Waals surface area (Å²) in [5, 5.41) is 17.8. The zero-order chi connectivity index (χ0) is 41.9. The number of hydrogen-bond donors (Lipinski definition) is 0. The van der Waals surface area contributed by atoms with Gasteiger partial charge in [0.15, 0.2) is 0 Å². The molecule has 0 saturated carbocycles. The van der Waals surface area contributed by atoms with E-state index in [-0.39, 0.29) is 0 Å². The van der Waals surface area contributed by atoms with E-state index in [1.807, 2.05) is 0 Å². The zero-order valence-corrected chi connectivity index (χ0v) is 34.8. The molecule has 0 aliphatic heterocycles. The van der Waals surface area contributed by atoms with Crippen molar-refractivity contribution in [1.29, 1.82) is 0 Å². The van der Waals surface area contributed by atoms with E-state index in [0.717, 1.165) is 11.4 Å². The van der Waals surface area contributed by atoms with Crippen LogP contribution in [0.1, 0.15) is 0 Å². The Hall–Kier alpha value is -8.46. The van der Waals surface area contributed by atoms with E-state index in [0.29, 0.717) is 0 Å². The van der Waals surface area contributed by atoms with Crippen LogP contribution < -0.4 is 0 Å². The normalized spacial score (nSPS) is 12.1. The molecule has 0 fully saturated rings. The molecule has 296 valence electrons. The van der Waals surface area contributed by atoms with Crippen molar-refractivity contribution in [3.63, 3.8) is 0 Å². The third kappa shape index (κ3) is 4.91. The van der Waals surface area contributed by atoms with Gasteiger partial charge in [-0.3, -0.25) is 0 Å². The lowest BCUT2D eigenvalue weighted by atomic mass is 9.85. The Labute approximate surface area is 369 Å². The lowest BCUT2D eigenvalue weighted by Crippen LogP contribution is -1.95. The lowest BCUT2D eigenvalue weighted by molar-refractivity contribution is 1.18. The summed E-state index contributed by atoms with van der Waals surface area (Å²) >= 11 is 0. The van der Waals surface area contributed by atoms with E-state index < -0.39 is 0 Å². The van der Waals surface area contributed by atoms with E-state index >= 15 is 0 Å². The molecule has 0 bridgehead atoms. The summed E-state index contributed by atoms with van der Waals surface area (Å²) in [7, 11) is 0. The number of benzene rings is 12. The van der Waals surface area contributed by atoms with Gasteiger partial charge in [0.2, 0.25) is 0 Å². The standard InChI is InChI=1S/C62H38N2/c1-3-17-41(18-4-1)63-57-31-13-11-23-47(57)53-29-15-27-43(61(53)63)39-33-35-51-55(37-39)45-21-7-9-25-49(45)60-52-36-34-40(38-56(52)46-22-8-10-26-50(46)59(51)60)44-28-16-30-54-48-24-12-14-32-58(48)64(62(44)54)42-19-5-2-6-20-42/h1-38H. The molecule has 0 N–H and O–H groups in total. The number of rotatable bonds is 4. The van der Waals surface area contributed by atoms with Crippen molar-refractivity contribution in [3.05, 3.63) is 231 Å². The first-order chi connectivity index (χ1) is 31.8. The molecule has 0 radical (unpaired) electrons. The molecule has 2 heterocycles. The molecule has 14 aromatic rings. The number of fused-ring (bicyclic) bond motifs is 17. The molecule has 64 heavy (non-hydrogen) atoms. The van der Waals surface area contributed by atoms with Crippen molar-refractivity contribution >= 4 is 97.5 Å². The Bertz CT molecular complexity index is 3950. The molecule has 0 aliphatic carbocycles. The first-order valence-electron chi connectivity index (χ1n) is 22.2. The van der Waals surface area contributed by atoms with E-state index in [2.05, 4.69) is 240 Å². The molecule has 2 nitrogen and oxygen atoms in total. The highest BCUT2D eigenvalue weighted by Gasteiger charge is 2.21. The smallest absolute Gasteiger partial charge is 0.0619 e. The van der Waals surface area contributed by atoms with Gasteiger partial charge in [-0.1, -0.05) is 182 Å². The maximum atomic E-state index is 2.45. The van der Waals surface area contributed by atoms with Crippen LogP contribution in [-0.4, -0.2) is 9.13 Å². The minimum atomic E-state index is 1.16. The van der Waals surface area contributed by atoms with Crippen LogP contribution in [0.25, 0.3) is 131 Å². The van der Waals surface area contributed by atoms with Gasteiger partial charge in [-0.2, -0.15) is 0 Å². The van der Waals surface area contributed by atoms with Gasteiger partial charge >= 0.3 is 0 Å². The quantitative estimate of drug-likeness (QED) is 0.157. The summed E-state index contributed by atoms with van der Waals surface area (Å²) < 4.78 is 4.89. The minimum Gasteiger partial charge on any atom is -0.309 e. The fraction of sp³-hybridized carbons (Fsp3) is 0. The van der Waals surface area contributed by atoms with Crippen molar-refractivity contribution in [1.82, 2.24) is 9.13 Å². The second kappa shape index (κ2) is 13.5. The van der Waals surface area contributed by atoms with Gasteiger partial charge in [-0.25, -0.2) is 0 Å². The fourth-order valence-corrected chi connectivity index (χ4v) is 11.2. The Morgan fingerprint density at radius 3 is 1.00 bits per heavy atom. The maximum absolute atomic E-state index is 2.45. The molecule has 12 aromatic carbocycles. The minimum absolute atomic E-state index is 1.16. The Morgan fingerprint density at radius 1 is 0.219 bits per heavy atom. The monoisotopic (exact) mass is 810 g/mol. The highest BCUT2D eigenvalue weighted by molar-refractivity contribution is 6.40. The van der Waals surface area contributed by atoms with Gasteiger partial charge in [-0.05, 0) is 114 Å². The molecule has 0 saturated heterocycles. The molecule has 0 amide bonds. The first kappa shape index (κ1) is 35.2. The van der Waals surface area contributed by atoms with Gasteiger partial charge < -0.3 is 9.13 Å². The maximum Gasteiger partial charge on any atom is 0.0619 e. The first-order valence-corrected chi connectivity index (χ1v) is 22.2. The molecule has 0 atom stereocenters. The molecular formula is C62H38N2. The Balaban J connectivity index is 1.05. The summed E-state index contributed by atoms with van der Waals surface area (Å²) in [6, 6.07) is 85.3. The van der Waals surface area contributed by atoms with Crippen LogP contribution >= 0.6 is 0 Å². The summed E-state index contributed by atoms with van der Waals surface area (Å²) in [6.45, 7) is 0. The number of nitrogens with zero attached hydrogens (tertiary/aromatic N) is 2. The van der Waals surface area contributed by atoms with Crippen molar-refractivity contribution in [2.24, 2.45) is 0 Å². The number of aromatic nitrogens is 2. The predicted octanol–water partition coefficient (Wildman–Crippen LogP) is 17.0. The van der Waals surface area contributed by atoms with Crippen molar-refractivity contribution < 1.29 is 0 Å². The van der Waals surface area contributed by atoms with Gasteiger partial charge in [0.25, 0.3) is 0 Å². The summed E-state index contributed by atoms with van der Waals surface area (Å²) in [5.41, 5.74) is 12.1. The SMILES string of the molecule is c1ccc(-n2c3ccccc3c3cccc(-c4ccc5c(c4)c4ccccc4c4c6ccc(-c7cccc8c9ccccc9n(-c9ccccc9)c78)cc6c6ccccc6c54)c32)cc1. The van der Waals surface area contributed by atoms with Crippen molar-refractivity contribution in [2.45, 2.75) is 0 Å². The van der Waals surface area contributed by atoms with Crippen LogP contribution in [0, 0.1) is 0 Å². The van der Waals surface area contributed by atoms with Crippen molar-refractivity contribution in [2.75, 3.05) is 0 Å². The lowest BCUT2D eigenvalue weighted by Gasteiger charge is -2.18. The number of para-hydroxylation sites is 6. The fourth-order valence-electron chi connectivity index (χ4n) is 11.2. The van der Waals surface area contributed by atoms with Crippen LogP contribution in [0.15, 0.2) is 231 Å². The van der Waals surface area contributed by atoms with Gasteiger partial charge in [-0.15, -0.1) is 0 Å². The Kier molecular flexibility index (Phi) is 7.43. The largest absolute Gasteiger partial charge is 0.309 e. The predicted molar refractivity (Wildman–Crippen MR) is 274 cm³/mol. The van der Waals surface area contributed by atoms with Crippen LogP contribution in [0.2, 0.25) is 0 Å². The van der Waals surface area contributed by atoms with E-state index in [9.17, 15) is 0 Å². The van der Waals surface area contributed by atoms with Gasteiger partial charge in [0.05, 0.1) is 22.1 Å². The zero-order valence-electron chi connectivity index (χ0n) is 34.8. The highest BCUT2D eigenvalue weighted by atomic mass is 15.0. The van der Waals surface area contributed by atoms with Crippen molar-refractivity contribution in [3.8, 4) is 33.6 Å². The van der Waals surface area contributed by atoms with Gasteiger partial charge in [0, 0.05) is 44.0 Å². The van der Waals surface area contributed by atoms with Crippen LogP contribution in [-0.2, 0) is 0 Å². The van der Waals surface area contributed by atoms with E-state index in [4.69, 9.17) is 0 Å². The van der Waals surface area contributed by atoms with Crippen LogP contribution in [0.3, 0.4) is 0 Å². The third-order valence-corrected chi connectivity index (χ3v) is 13.8. The van der Waals surface area contributed by atoms with Crippen LogP contribution in [0.5, 0.6) is 0 Å². The average molecular weight is 811 g/mol. The van der Waals surface area contributed by atoms with Gasteiger partial charge in [0.1, 0.15) is 0 Å². The Morgan fingerprint density at radius 2 is 0.562 bits per heavy atom. The molecule has 2 heteroatoms. The van der Waals surface area contributed by atoms with E-state index in [1.165, 1.54) is 120 Å².